The van der Waals surface area contributed by atoms with Crippen LogP contribution in [-0.2, 0) is 4.79 Å². The van der Waals surface area contributed by atoms with Gasteiger partial charge in [-0.05, 0) is 6.92 Å². The van der Waals surface area contributed by atoms with Gasteiger partial charge in [-0.2, -0.15) is 0 Å². The molecule has 2 nitrogen and oxygen atoms in total. The van der Waals surface area contributed by atoms with Gasteiger partial charge in [0.25, 0.3) is 0 Å². The highest BCUT2D eigenvalue weighted by Crippen LogP contribution is 2.46. The zero-order valence-corrected chi connectivity index (χ0v) is 9.60. The van der Waals surface area contributed by atoms with Gasteiger partial charge in [0.2, 0.25) is 4.33 Å². The first-order valence-corrected chi connectivity index (χ1v) is 4.72. The topological polar surface area (TPSA) is 37.3 Å². The van der Waals surface area contributed by atoms with Crippen molar-refractivity contribution in [1.29, 1.82) is 0 Å². The Labute approximate surface area is 94.7 Å². The van der Waals surface area contributed by atoms with Crippen molar-refractivity contribution in [3.8, 4) is 0 Å². The molecule has 0 saturated carbocycles. The van der Waals surface area contributed by atoms with Gasteiger partial charge in [0.05, 0.1) is 5.38 Å². The molecule has 0 rings (SSSR count). The van der Waals surface area contributed by atoms with E-state index in [2.05, 4.69) is 0 Å². The number of carboxylic acids is 1. The molecule has 0 aromatic heterocycles. The fourth-order valence-electron chi connectivity index (χ4n) is 0.392. The average Bonchev–Trinajstić information content (AvgIpc) is 1.86. The predicted molar refractivity (Wildman–Crippen MR) is 51.8 cm³/mol. The Balaban J connectivity index is 4.88. The average molecular weight is 274 g/mol. The Morgan fingerprint density at radius 1 is 1.33 bits per heavy atom. The molecule has 1 atom stereocenters. The summed E-state index contributed by atoms with van der Waals surface area (Å²) in [5.74, 6) is -1.54. The molecular weight excluding hydrogens is 269 g/mol. The monoisotopic (exact) mass is 272 g/mol. The summed E-state index contributed by atoms with van der Waals surface area (Å²) >= 11 is 27.3. The molecule has 0 spiro atoms. The number of alkyl halides is 5. The molecule has 1 N–H and O–H groups in total. The highest BCUT2D eigenvalue weighted by molar-refractivity contribution is 6.69. The summed E-state index contributed by atoms with van der Waals surface area (Å²) in [5, 5.41) is 7.64. The van der Waals surface area contributed by atoms with E-state index < -0.39 is 20.0 Å². The number of aliphatic carboxylic acids is 1. The Bertz CT molecular complexity index is 188. The van der Waals surface area contributed by atoms with Crippen LogP contribution in [0.1, 0.15) is 6.92 Å². The fraction of sp³-hybridized carbons (Fsp3) is 0.800. The van der Waals surface area contributed by atoms with Crippen molar-refractivity contribution < 1.29 is 9.90 Å². The lowest BCUT2D eigenvalue weighted by molar-refractivity contribution is -0.138. The van der Waals surface area contributed by atoms with Crippen molar-refractivity contribution in [1.82, 2.24) is 0 Å². The molecule has 0 radical (unpaired) electrons. The zero-order valence-electron chi connectivity index (χ0n) is 5.82. The molecule has 0 fully saturated rings. The van der Waals surface area contributed by atoms with Crippen LogP contribution >= 0.6 is 58.0 Å². The molecule has 0 aromatic carbocycles. The van der Waals surface area contributed by atoms with Gasteiger partial charge in [-0.25, -0.2) is 4.79 Å². The molecular formula is C5H5Cl5O2. The summed E-state index contributed by atoms with van der Waals surface area (Å²) in [5.41, 5.74) is 0. The van der Waals surface area contributed by atoms with Crippen LogP contribution in [-0.4, -0.2) is 25.1 Å². The maximum absolute atomic E-state index is 10.5. The van der Waals surface area contributed by atoms with Crippen molar-refractivity contribution in [3.05, 3.63) is 0 Å². The normalized spacial score (nSPS) is 15.8. The van der Waals surface area contributed by atoms with Crippen LogP contribution in [0.25, 0.3) is 0 Å². The molecule has 0 aliphatic rings. The second-order valence-corrected chi connectivity index (χ2v) is 5.49. The Morgan fingerprint density at radius 3 is 1.75 bits per heavy atom. The van der Waals surface area contributed by atoms with Gasteiger partial charge in [0.1, 0.15) is 0 Å². The van der Waals surface area contributed by atoms with Gasteiger partial charge in [0, 0.05) is 0 Å². The lowest BCUT2D eigenvalue weighted by Gasteiger charge is -2.30. The minimum absolute atomic E-state index is 0.896. The van der Waals surface area contributed by atoms with Gasteiger partial charge >= 0.3 is 5.97 Å². The number of carboxylic acid groups (broad SMARTS) is 1. The molecule has 12 heavy (non-hydrogen) atoms. The van der Waals surface area contributed by atoms with Crippen molar-refractivity contribution >= 4 is 64.0 Å². The first-order valence-electron chi connectivity index (χ1n) is 2.77. The van der Waals surface area contributed by atoms with E-state index in [1.54, 1.807) is 0 Å². The van der Waals surface area contributed by atoms with Crippen molar-refractivity contribution in [2.75, 3.05) is 0 Å². The Morgan fingerprint density at radius 2 is 1.67 bits per heavy atom. The smallest absolute Gasteiger partial charge is 0.343 e. The molecule has 72 valence electrons. The van der Waals surface area contributed by atoms with Gasteiger partial charge < -0.3 is 5.11 Å². The molecule has 1 unspecified atom stereocenters. The van der Waals surface area contributed by atoms with Crippen LogP contribution < -0.4 is 0 Å². The van der Waals surface area contributed by atoms with E-state index in [0.29, 0.717) is 0 Å². The number of halogens is 5. The van der Waals surface area contributed by atoms with Crippen LogP contribution in [0.5, 0.6) is 0 Å². The molecule has 0 heterocycles. The van der Waals surface area contributed by atoms with E-state index in [1.165, 1.54) is 6.92 Å². The second kappa shape index (κ2) is 3.97. The predicted octanol–water partition coefficient (Wildman–Crippen LogP) is 3.05. The van der Waals surface area contributed by atoms with Gasteiger partial charge in [-0.1, -0.05) is 46.4 Å². The standard InChI is InChI=1S/C5H5Cl5O2/c1-2(6)4(7,8)5(9,10)3(11)12/h2H,1H3,(H,11,12). The summed E-state index contributed by atoms with van der Waals surface area (Å²) in [6, 6.07) is 0. The summed E-state index contributed by atoms with van der Waals surface area (Å²) < 4.78 is -4.26. The Hall–Kier alpha value is 0.920. The third kappa shape index (κ3) is 2.24. The van der Waals surface area contributed by atoms with Gasteiger partial charge in [-0.15, -0.1) is 11.6 Å². The third-order valence-corrected chi connectivity index (χ3v) is 4.27. The van der Waals surface area contributed by atoms with Crippen molar-refractivity contribution in [2.45, 2.75) is 21.0 Å². The number of hydrogen-bond acceptors (Lipinski definition) is 1. The minimum Gasteiger partial charge on any atom is -0.479 e. The largest absolute Gasteiger partial charge is 0.479 e. The van der Waals surface area contributed by atoms with Crippen LogP contribution in [0.3, 0.4) is 0 Å². The molecule has 0 saturated heterocycles. The first kappa shape index (κ1) is 12.9. The third-order valence-electron chi connectivity index (χ3n) is 1.19. The Kier molecular flexibility index (Phi) is 4.28. The van der Waals surface area contributed by atoms with Crippen molar-refractivity contribution in [2.24, 2.45) is 0 Å². The maximum Gasteiger partial charge on any atom is 0.343 e. The van der Waals surface area contributed by atoms with Gasteiger partial charge in [0.15, 0.2) is 4.33 Å². The van der Waals surface area contributed by atoms with Gasteiger partial charge in [-0.3, -0.25) is 0 Å². The lowest BCUT2D eigenvalue weighted by atomic mass is 10.2. The second-order valence-electron chi connectivity index (χ2n) is 2.12. The van der Waals surface area contributed by atoms with E-state index in [9.17, 15) is 4.79 Å². The van der Waals surface area contributed by atoms with E-state index in [0.717, 1.165) is 0 Å². The summed E-state index contributed by atoms with van der Waals surface area (Å²) in [4.78, 5) is 10.5. The molecule has 0 bridgehead atoms. The molecule has 0 aliphatic heterocycles. The van der Waals surface area contributed by atoms with Crippen LogP contribution in [0, 0.1) is 0 Å². The van der Waals surface area contributed by atoms with E-state index >= 15 is 0 Å². The number of rotatable bonds is 3. The summed E-state index contributed by atoms with van der Waals surface area (Å²) in [7, 11) is 0. The highest BCUT2D eigenvalue weighted by Gasteiger charge is 2.56. The zero-order chi connectivity index (χ0) is 10.2. The quantitative estimate of drug-likeness (QED) is 0.803. The van der Waals surface area contributed by atoms with E-state index in [4.69, 9.17) is 63.1 Å². The molecule has 0 aromatic rings. The van der Waals surface area contributed by atoms with Crippen LogP contribution in [0.15, 0.2) is 0 Å². The SMILES string of the molecule is CC(Cl)C(Cl)(Cl)C(Cl)(Cl)C(=O)O. The summed E-state index contributed by atoms with van der Waals surface area (Å²) in [6.45, 7) is 1.39. The lowest BCUT2D eigenvalue weighted by Crippen LogP contribution is -2.48. The highest BCUT2D eigenvalue weighted by atomic mass is 35.5. The summed E-state index contributed by atoms with van der Waals surface area (Å²) in [6.07, 6.45) is 0. The minimum atomic E-state index is -2.32. The van der Waals surface area contributed by atoms with Crippen LogP contribution in [0.4, 0.5) is 0 Å². The molecule has 0 aliphatic carbocycles. The van der Waals surface area contributed by atoms with E-state index in [1.807, 2.05) is 0 Å². The molecule has 0 amide bonds. The fourth-order valence-corrected chi connectivity index (χ4v) is 1.16. The van der Waals surface area contributed by atoms with Crippen molar-refractivity contribution in [3.63, 3.8) is 0 Å². The number of hydrogen-bond donors (Lipinski definition) is 1. The van der Waals surface area contributed by atoms with Crippen LogP contribution in [0.2, 0.25) is 0 Å². The molecule has 7 heteroatoms. The first-order chi connectivity index (χ1) is 5.14. The number of carbonyl (C=O) groups is 1. The van der Waals surface area contributed by atoms with E-state index in [-0.39, 0.29) is 0 Å². The maximum atomic E-state index is 10.5.